The number of likely N-dealkylation sites (N-methyl/N-ethyl adjacent to an activating group) is 1. The second-order valence-corrected chi connectivity index (χ2v) is 7.88. The Morgan fingerprint density at radius 1 is 1.32 bits per heavy atom. The van der Waals surface area contributed by atoms with Gasteiger partial charge in [-0.15, -0.1) is 0 Å². The van der Waals surface area contributed by atoms with E-state index >= 15 is 0 Å². The fourth-order valence-corrected chi connectivity index (χ4v) is 3.73. The number of guanidine groups is 1. The highest BCUT2D eigenvalue weighted by Crippen LogP contribution is 2.28. The van der Waals surface area contributed by atoms with Gasteiger partial charge in [0.1, 0.15) is 6.54 Å². The molecule has 0 radical (unpaired) electrons. The van der Waals surface area contributed by atoms with Gasteiger partial charge in [-0.25, -0.2) is 4.99 Å². The van der Waals surface area contributed by atoms with Crippen LogP contribution in [0.15, 0.2) is 35.3 Å². The lowest BCUT2D eigenvalue weighted by Crippen LogP contribution is -2.44. The lowest BCUT2D eigenvalue weighted by molar-refractivity contribution is -0.127. The third-order valence-corrected chi connectivity index (χ3v) is 5.68. The monoisotopic (exact) mass is 362 g/mol. The van der Waals surface area contributed by atoms with E-state index in [4.69, 9.17) is 0 Å². The molecule has 25 heavy (non-hydrogen) atoms. The zero-order chi connectivity index (χ0) is 18.2. The predicted molar refractivity (Wildman–Crippen MR) is 107 cm³/mol. The van der Waals surface area contributed by atoms with Crippen molar-refractivity contribution in [2.45, 2.75) is 43.5 Å². The third kappa shape index (κ3) is 6.27. The first-order chi connectivity index (χ1) is 12.0. The van der Waals surface area contributed by atoms with Gasteiger partial charge in [0.15, 0.2) is 5.96 Å². The van der Waals surface area contributed by atoms with Crippen molar-refractivity contribution in [3.05, 3.63) is 35.9 Å². The second-order valence-electron chi connectivity index (χ2n) is 6.74. The number of thioether (sulfide) groups is 1. The van der Waals surface area contributed by atoms with E-state index in [1.54, 1.807) is 19.0 Å². The van der Waals surface area contributed by atoms with Gasteiger partial charge in [-0.2, -0.15) is 11.8 Å². The van der Waals surface area contributed by atoms with Crippen molar-refractivity contribution in [3.63, 3.8) is 0 Å². The van der Waals surface area contributed by atoms with Crippen LogP contribution >= 0.6 is 11.8 Å². The number of carbonyl (C=O) groups is 1. The number of aliphatic imine (C=N–C) groups is 1. The average molecular weight is 363 g/mol. The minimum absolute atomic E-state index is 0.00174. The van der Waals surface area contributed by atoms with Crippen LogP contribution in [0, 0.1) is 0 Å². The van der Waals surface area contributed by atoms with E-state index in [0.29, 0.717) is 11.3 Å². The molecule has 1 aromatic rings. The number of benzene rings is 1. The van der Waals surface area contributed by atoms with Crippen molar-refractivity contribution in [2.24, 2.45) is 4.99 Å². The molecule has 1 saturated carbocycles. The van der Waals surface area contributed by atoms with Gasteiger partial charge in [-0.3, -0.25) is 4.79 Å². The molecule has 1 amide bonds. The molecule has 0 aromatic heterocycles. The summed E-state index contributed by atoms with van der Waals surface area (Å²) in [5.74, 6) is 0.722. The molecule has 0 bridgehead atoms. The van der Waals surface area contributed by atoms with Crippen LogP contribution in [0.3, 0.4) is 0 Å². The van der Waals surface area contributed by atoms with Crippen molar-refractivity contribution in [3.8, 4) is 0 Å². The Morgan fingerprint density at radius 2 is 2.04 bits per heavy atom. The predicted octanol–water partition coefficient (Wildman–Crippen LogP) is 2.66. The SMILES string of the molecule is CSC1CCC(NC(=NCC(=O)N(C)C)NC(C)c2ccccc2)C1. The summed E-state index contributed by atoms with van der Waals surface area (Å²) in [4.78, 5) is 18.0. The standard InChI is InChI=1S/C19H30N4OS/c1-14(15-8-6-5-7-9-15)21-19(20-13-18(24)23(2)3)22-16-10-11-17(12-16)25-4/h5-9,14,16-17H,10-13H2,1-4H3,(H2,20,21,22). The highest BCUT2D eigenvalue weighted by molar-refractivity contribution is 7.99. The Balaban J connectivity index is 2.03. The maximum absolute atomic E-state index is 11.9. The summed E-state index contributed by atoms with van der Waals surface area (Å²) in [7, 11) is 3.51. The molecule has 2 rings (SSSR count). The lowest BCUT2D eigenvalue weighted by Gasteiger charge is -2.22. The molecule has 0 saturated heterocycles. The van der Waals surface area contributed by atoms with E-state index in [0.717, 1.165) is 18.8 Å². The third-order valence-electron chi connectivity index (χ3n) is 4.58. The van der Waals surface area contributed by atoms with Crippen LogP contribution in [0.2, 0.25) is 0 Å². The minimum atomic E-state index is 0.00174. The van der Waals surface area contributed by atoms with Gasteiger partial charge in [0.2, 0.25) is 5.91 Å². The quantitative estimate of drug-likeness (QED) is 0.603. The molecule has 5 nitrogen and oxygen atoms in total. The first-order valence-corrected chi connectivity index (χ1v) is 10.1. The molecule has 0 spiro atoms. The topological polar surface area (TPSA) is 56.7 Å². The normalized spacial score (nSPS) is 21.7. The Bertz CT molecular complexity index is 576. The molecular formula is C19H30N4OS. The maximum atomic E-state index is 11.9. The molecule has 3 unspecified atom stereocenters. The number of hydrogen-bond acceptors (Lipinski definition) is 3. The zero-order valence-electron chi connectivity index (χ0n) is 15.7. The molecule has 1 aromatic carbocycles. The van der Waals surface area contributed by atoms with E-state index in [2.05, 4.69) is 40.9 Å². The zero-order valence-corrected chi connectivity index (χ0v) is 16.5. The number of amides is 1. The lowest BCUT2D eigenvalue weighted by atomic mass is 10.1. The number of nitrogens with one attached hydrogen (secondary N) is 2. The average Bonchev–Trinajstić information content (AvgIpc) is 3.07. The first kappa shape index (κ1) is 19.6. The van der Waals surface area contributed by atoms with Crippen LogP contribution in [-0.2, 0) is 4.79 Å². The Hall–Kier alpha value is -1.69. The van der Waals surface area contributed by atoms with Gasteiger partial charge in [0.05, 0.1) is 6.04 Å². The fourth-order valence-electron chi connectivity index (χ4n) is 2.93. The van der Waals surface area contributed by atoms with Crippen LogP contribution in [0.25, 0.3) is 0 Å². The summed E-state index contributed by atoms with van der Waals surface area (Å²) in [6, 6.07) is 10.8. The van der Waals surface area contributed by atoms with Gasteiger partial charge in [-0.1, -0.05) is 30.3 Å². The largest absolute Gasteiger partial charge is 0.354 e. The maximum Gasteiger partial charge on any atom is 0.243 e. The number of carbonyl (C=O) groups excluding carboxylic acids is 1. The summed E-state index contributed by atoms with van der Waals surface area (Å²) >= 11 is 1.94. The smallest absolute Gasteiger partial charge is 0.243 e. The van der Waals surface area contributed by atoms with E-state index in [-0.39, 0.29) is 18.5 Å². The van der Waals surface area contributed by atoms with Crippen molar-refractivity contribution >= 4 is 23.6 Å². The number of rotatable bonds is 6. The van der Waals surface area contributed by atoms with Crippen LogP contribution in [-0.4, -0.2) is 55.0 Å². The second kappa shape index (κ2) is 9.70. The molecule has 138 valence electrons. The van der Waals surface area contributed by atoms with E-state index in [9.17, 15) is 4.79 Å². The van der Waals surface area contributed by atoms with Gasteiger partial charge in [0.25, 0.3) is 0 Å². The van der Waals surface area contributed by atoms with Crippen LogP contribution < -0.4 is 10.6 Å². The molecule has 1 aliphatic carbocycles. The van der Waals surface area contributed by atoms with Crippen LogP contribution in [0.1, 0.15) is 37.8 Å². The summed E-state index contributed by atoms with van der Waals surface area (Å²) in [6.07, 6.45) is 5.70. The molecule has 1 fully saturated rings. The summed E-state index contributed by atoms with van der Waals surface area (Å²) in [5.41, 5.74) is 1.20. The van der Waals surface area contributed by atoms with Crippen molar-refractivity contribution < 1.29 is 4.79 Å². The molecule has 0 aliphatic heterocycles. The minimum Gasteiger partial charge on any atom is -0.354 e. The summed E-state index contributed by atoms with van der Waals surface area (Å²) < 4.78 is 0. The highest BCUT2D eigenvalue weighted by atomic mass is 32.2. The van der Waals surface area contributed by atoms with E-state index < -0.39 is 0 Å². The summed E-state index contributed by atoms with van der Waals surface area (Å²) in [6.45, 7) is 2.27. The van der Waals surface area contributed by atoms with Gasteiger partial charge < -0.3 is 15.5 Å². The number of nitrogens with zero attached hydrogens (tertiary/aromatic N) is 2. The summed E-state index contributed by atoms with van der Waals surface area (Å²) in [5, 5.41) is 7.70. The first-order valence-electron chi connectivity index (χ1n) is 8.85. The highest BCUT2D eigenvalue weighted by Gasteiger charge is 2.25. The van der Waals surface area contributed by atoms with Crippen molar-refractivity contribution in [1.29, 1.82) is 0 Å². The fraction of sp³-hybridized carbons (Fsp3) is 0.579. The van der Waals surface area contributed by atoms with Gasteiger partial charge >= 0.3 is 0 Å². The molecule has 6 heteroatoms. The Labute approximate surface area is 155 Å². The van der Waals surface area contributed by atoms with Gasteiger partial charge in [0, 0.05) is 25.4 Å². The van der Waals surface area contributed by atoms with Gasteiger partial charge in [-0.05, 0) is 38.0 Å². The van der Waals surface area contributed by atoms with Crippen LogP contribution in [0.4, 0.5) is 0 Å². The molecule has 0 heterocycles. The van der Waals surface area contributed by atoms with Crippen molar-refractivity contribution in [2.75, 3.05) is 26.9 Å². The van der Waals surface area contributed by atoms with Crippen LogP contribution in [0.5, 0.6) is 0 Å². The van der Waals surface area contributed by atoms with E-state index in [1.165, 1.54) is 12.0 Å². The molecule has 3 atom stereocenters. The van der Waals surface area contributed by atoms with Crippen molar-refractivity contribution in [1.82, 2.24) is 15.5 Å². The molecular weight excluding hydrogens is 332 g/mol. The molecule has 2 N–H and O–H groups in total. The van der Waals surface area contributed by atoms with E-state index in [1.807, 2.05) is 30.0 Å². The Kier molecular flexibility index (Phi) is 7.62. The number of hydrogen-bond donors (Lipinski definition) is 2. The Morgan fingerprint density at radius 3 is 2.64 bits per heavy atom. The molecule has 1 aliphatic rings.